The molecular formula is C8H21N3O+. The van der Waals surface area contributed by atoms with Crippen LogP contribution in [-0.4, -0.2) is 44.4 Å². The summed E-state index contributed by atoms with van der Waals surface area (Å²) in [4.78, 5) is 2.19. The highest BCUT2D eigenvalue weighted by molar-refractivity contribution is 4.63. The highest BCUT2D eigenvalue weighted by Gasteiger charge is 2.11. The molecule has 0 rings (SSSR count). The van der Waals surface area contributed by atoms with Crippen LogP contribution >= 0.6 is 0 Å². The maximum atomic E-state index is 8.73. The van der Waals surface area contributed by atoms with Crippen LogP contribution in [0.1, 0.15) is 12.8 Å². The second-order valence-electron chi connectivity index (χ2n) is 2.85. The summed E-state index contributed by atoms with van der Waals surface area (Å²) in [6.45, 7) is 4.32. The lowest BCUT2D eigenvalue weighted by molar-refractivity contribution is 0.252. The maximum Gasteiger partial charge on any atom is 0.145 e. The zero-order valence-corrected chi connectivity index (χ0v) is 7.71. The van der Waals surface area contributed by atoms with Gasteiger partial charge in [0.15, 0.2) is 0 Å². The molecule has 0 aromatic rings. The van der Waals surface area contributed by atoms with Gasteiger partial charge in [-0.15, -0.1) is 0 Å². The quantitative estimate of drug-likeness (QED) is 0.406. The molecule has 73 valence electrons. The second kappa shape index (κ2) is 8.93. The van der Waals surface area contributed by atoms with E-state index in [1.807, 2.05) is 0 Å². The van der Waals surface area contributed by atoms with Crippen molar-refractivity contribution in [3.63, 3.8) is 0 Å². The van der Waals surface area contributed by atoms with E-state index in [0.29, 0.717) is 13.1 Å². The lowest BCUT2D eigenvalue weighted by Gasteiger charge is -2.09. The third kappa shape index (κ3) is 6.54. The zero-order chi connectivity index (χ0) is 9.23. The minimum absolute atomic E-state index is 0.217. The Balaban J connectivity index is 3.40. The molecule has 0 amide bonds. The Morgan fingerprint density at radius 2 is 1.42 bits per heavy atom. The van der Waals surface area contributed by atoms with Gasteiger partial charge in [-0.05, 0) is 13.1 Å². The molecule has 0 spiro atoms. The lowest BCUT2D eigenvalue weighted by Crippen LogP contribution is -2.36. The molecule has 0 bridgehead atoms. The van der Waals surface area contributed by atoms with E-state index < -0.39 is 0 Å². The zero-order valence-electron chi connectivity index (χ0n) is 7.71. The van der Waals surface area contributed by atoms with Crippen molar-refractivity contribution < 1.29 is 5.11 Å². The molecule has 0 atom stereocenters. The van der Waals surface area contributed by atoms with Crippen molar-refractivity contribution in [2.45, 2.75) is 12.8 Å². The van der Waals surface area contributed by atoms with Crippen molar-refractivity contribution in [2.24, 2.45) is 11.5 Å². The molecule has 0 aliphatic carbocycles. The predicted octanol–water partition coefficient (Wildman–Crippen LogP) is -1.18. The fourth-order valence-electron chi connectivity index (χ4n) is 1.11. The van der Waals surface area contributed by atoms with Crippen molar-refractivity contribution in [1.29, 1.82) is 0 Å². The van der Waals surface area contributed by atoms with E-state index in [1.165, 1.54) is 0 Å². The summed E-state index contributed by atoms with van der Waals surface area (Å²) in [5, 5.41) is 8.73. The molecule has 12 heavy (non-hydrogen) atoms. The molecule has 4 nitrogen and oxygen atoms in total. The van der Waals surface area contributed by atoms with Crippen LogP contribution in [0.3, 0.4) is 0 Å². The summed E-state index contributed by atoms with van der Waals surface area (Å²) in [5.74, 6) is 0. The first-order chi connectivity index (χ1) is 5.85. The van der Waals surface area contributed by atoms with E-state index in [9.17, 15) is 0 Å². The van der Waals surface area contributed by atoms with Gasteiger partial charge in [-0.3, -0.25) is 0 Å². The number of hydrogen-bond acceptors (Lipinski definition) is 4. The topological polar surface area (TPSA) is 78.2 Å². The number of nitrogens with two attached hydrogens (primary N) is 2. The Morgan fingerprint density at radius 1 is 0.917 bits per heavy atom. The summed E-state index contributed by atoms with van der Waals surface area (Å²) in [7, 11) is 0. The van der Waals surface area contributed by atoms with Crippen molar-refractivity contribution in [2.75, 3.05) is 39.3 Å². The minimum atomic E-state index is 0.217. The molecule has 0 aliphatic rings. The summed E-state index contributed by atoms with van der Waals surface area (Å²) < 4.78 is 0. The van der Waals surface area contributed by atoms with Crippen molar-refractivity contribution in [3.8, 4) is 0 Å². The van der Waals surface area contributed by atoms with Crippen molar-refractivity contribution in [1.82, 2.24) is 4.90 Å². The number of hydrogen-bond donors (Lipinski definition) is 3. The molecule has 0 aromatic heterocycles. The van der Waals surface area contributed by atoms with Gasteiger partial charge in [0.1, 0.15) is 19.6 Å². The normalized spacial score (nSPS) is 11.0. The average Bonchev–Trinajstić information content (AvgIpc) is 2.10. The van der Waals surface area contributed by atoms with Gasteiger partial charge in [0.2, 0.25) is 0 Å². The van der Waals surface area contributed by atoms with Crippen LogP contribution in [0.4, 0.5) is 0 Å². The molecule has 1 radical (unpaired) electrons. The summed E-state index contributed by atoms with van der Waals surface area (Å²) in [6, 6.07) is 0. The van der Waals surface area contributed by atoms with E-state index in [4.69, 9.17) is 16.6 Å². The number of rotatable bonds is 8. The van der Waals surface area contributed by atoms with Gasteiger partial charge in [-0.25, -0.2) is 0 Å². The SMILES string of the molecule is NCCC[N+](CCO)CCCN. The number of nitrogens with zero attached hydrogens (tertiary/aromatic N) is 1. The molecule has 0 aliphatic heterocycles. The van der Waals surface area contributed by atoms with Crippen molar-refractivity contribution >= 4 is 0 Å². The van der Waals surface area contributed by atoms with Crippen LogP contribution in [-0.2, 0) is 0 Å². The molecule has 0 aromatic carbocycles. The first kappa shape index (κ1) is 11.8. The minimum Gasteiger partial charge on any atom is -0.390 e. The van der Waals surface area contributed by atoms with Gasteiger partial charge < -0.3 is 16.6 Å². The second-order valence-corrected chi connectivity index (χ2v) is 2.85. The van der Waals surface area contributed by atoms with E-state index in [1.54, 1.807) is 0 Å². The first-order valence-corrected chi connectivity index (χ1v) is 4.58. The Hall–Kier alpha value is -0.160. The predicted molar refractivity (Wildman–Crippen MR) is 51.2 cm³/mol. The smallest absolute Gasteiger partial charge is 0.145 e. The molecule has 0 fully saturated rings. The van der Waals surface area contributed by atoms with Gasteiger partial charge in [0, 0.05) is 12.8 Å². The first-order valence-electron chi connectivity index (χ1n) is 4.58. The fraction of sp³-hybridized carbons (Fsp3) is 1.00. The van der Waals surface area contributed by atoms with E-state index in [-0.39, 0.29) is 6.61 Å². The van der Waals surface area contributed by atoms with Gasteiger partial charge in [-0.1, -0.05) is 0 Å². The standard InChI is InChI=1S/C8H21N3O/c9-3-1-5-11(7-8-12)6-2-4-10/h12H,1-10H2/q+1. The Labute approximate surface area is 74.5 Å². The van der Waals surface area contributed by atoms with E-state index in [2.05, 4.69) is 4.90 Å². The van der Waals surface area contributed by atoms with Crippen molar-refractivity contribution in [3.05, 3.63) is 0 Å². The van der Waals surface area contributed by atoms with Crippen LogP contribution in [0.5, 0.6) is 0 Å². The molecule has 0 saturated heterocycles. The van der Waals surface area contributed by atoms with Crippen LogP contribution in [0.25, 0.3) is 0 Å². The highest BCUT2D eigenvalue weighted by atomic mass is 16.3. The van der Waals surface area contributed by atoms with Crippen LogP contribution in [0.15, 0.2) is 0 Å². The Morgan fingerprint density at radius 3 is 1.75 bits per heavy atom. The van der Waals surface area contributed by atoms with Gasteiger partial charge >= 0.3 is 0 Å². The number of aliphatic hydroxyl groups excluding tert-OH is 1. The summed E-state index contributed by atoms with van der Waals surface area (Å²) in [5.41, 5.74) is 10.8. The van der Waals surface area contributed by atoms with Crippen LogP contribution < -0.4 is 16.4 Å². The Bertz CT molecular complexity index is 82.4. The fourth-order valence-corrected chi connectivity index (χ4v) is 1.11. The largest absolute Gasteiger partial charge is 0.390 e. The lowest BCUT2D eigenvalue weighted by atomic mass is 10.3. The molecule has 0 unspecified atom stereocenters. The Kier molecular flexibility index (Phi) is 8.81. The molecule has 5 N–H and O–H groups in total. The van der Waals surface area contributed by atoms with Gasteiger partial charge in [0.25, 0.3) is 0 Å². The van der Waals surface area contributed by atoms with Gasteiger partial charge in [-0.2, -0.15) is 4.90 Å². The van der Waals surface area contributed by atoms with Crippen LogP contribution in [0.2, 0.25) is 0 Å². The molecule has 4 heteroatoms. The van der Waals surface area contributed by atoms with E-state index in [0.717, 1.165) is 32.5 Å². The highest BCUT2D eigenvalue weighted by Crippen LogP contribution is 1.88. The maximum absolute atomic E-state index is 8.73. The number of aliphatic hydroxyl groups is 1. The summed E-state index contributed by atoms with van der Waals surface area (Å²) in [6.07, 6.45) is 1.98. The van der Waals surface area contributed by atoms with Gasteiger partial charge in [0.05, 0.1) is 6.61 Å². The summed E-state index contributed by atoms with van der Waals surface area (Å²) >= 11 is 0. The molecule has 0 heterocycles. The van der Waals surface area contributed by atoms with E-state index >= 15 is 0 Å². The average molecular weight is 175 g/mol. The third-order valence-corrected chi connectivity index (χ3v) is 1.77. The van der Waals surface area contributed by atoms with Crippen LogP contribution in [0, 0.1) is 0 Å². The molecular weight excluding hydrogens is 154 g/mol. The molecule has 0 saturated carbocycles. The monoisotopic (exact) mass is 175 g/mol. The third-order valence-electron chi connectivity index (χ3n) is 1.77.